The zero-order valence-electron chi connectivity index (χ0n) is 17.1. The molecule has 0 bridgehead atoms. The number of carbonyl (C=O) groups excluding carboxylic acids is 1. The Morgan fingerprint density at radius 3 is 2.35 bits per heavy atom. The van der Waals surface area contributed by atoms with E-state index in [1.807, 2.05) is 5.32 Å². The molecule has 0 aliphatic heterocycles. The highest BCUT2D eigenvalue weighted by molar-refractivity contribution is 5.99. The standard InChI is InChI=1S/C21H13F6N5O2/c1-34-18-14-4-2-3-13(12(14)6-8-29-18)16-17(21(25,26)27)32(10-30-16)19(33)31-11-5-7-28-15(9-11)20(22,23)24/h2-10H,1H3,(H,28,31,33). The van der Waals surface area contributed by atoms with Gasteiger partial charge in [-0.25, -0.2) is 19.3 Å². The largest absolute Gasteiger partial charge is 0.481 e. The number of nitrogens with one attached hydrogen (secondary N) is 1. The van der Waals surface area contributed by atoms with Crippen LogP contribution in [0.15, 0.2) is 55.1 Å². The van der Waals surface area contributed by atoms with Crippen LogP contribution in [0, 0.1) is 0 Å². The molecule has 0 atom stereocenters. The molecule has 0 spiro atoms. The molecule has 0 saturated heterocycles. The van der Waals surface area contributed by atoms with Crippen molar-refractivity contribution < 1.29 is 35.9 Å². The number of ether oxygens (including phenoxy) is 1. The number of nitrogens with zero attached hydrogens (tertiary/aromatic N) is 4. The Kier molecular flexibility index (Phi) is 5.63. The highest BCUT2D eigenvalue weighted by Crippen LogP contribution is 2.40. The predicted molar refractivity (Wildman–Crippen MR) is 108 cm³/mol. The van der Waals surface area contributed by atoms with E-state index in [-0.39, 0.29) is 16.0 Å². The second kappa shape index (κ2) is 8.32. The minimum atomic E-state index is -5.03. The predicted octanol–water partition coefficient (Wildman–Crippen LogP) is 5.62. The van der Waals surface area contributed by atoms with Gasteiger partial charge in [0.25, 0.3) is 0 Å². The van der Waals surface area contributed by atoms with E-state index in [9.17, 15) is 31.1 Å². The van der Waals surface area contributed by atoms with Crippen LogP contribution in [0.2, 0.25) is 0 Å². The van der Waals surface area contributed by atoms with Crippen molar-refractivity contribution >= 4 is 22.5 Å². The van der Waals surface area contributed by atoms with Gasteiger partial charge in [-0.15, -0.1) is 0 Å². The summed E-state index contributed by atoms with van der Waals surface area (Å²) in [5.41, 5.74) is -3.60. The number of anilines is 1. The number of imidazole rings is 1. The summed E-state index contributed by atoms with van der Waals surface area (Å²) in [6, 6.07) is 6.11. The fourth-order valence-corrected chi connectivity index (χ4v) is 3.37. The van der Waals surface area contributed by atoms with Gasteiger partial charge >= 0.3 is 18.4 Å². The number of rotatable bonds is 3. The van der Waals surface area contributed by atoms with E-state index in [1.54, 1.807) is 6.07 Å². The highest BCUT2D eigenvalue weighted by Gasteiger charge is 2.41. The second-order valence-electron chi connectivity index (χ2n) is 6.89. The minimum absolute atomic E-state index is 0.0559. The summed E-state index contributed by atoms with van der Waals surface area (Å²) < 4.78 is 86.1. The molecule has 0 unspecified atom stereocenters. The number of methoxy groups -OCH3 is 1. The van der Waals surface area contributed by atoms with Gasteiger partial charge in [0.2, 0.25) is 5.88 Å². The third-order valence-corrected chi connectivity index (χ3v) is 4.77. The first-order valence-electron chi connectivity index (χ1n) is 9.42. The fraction of sp³-hybridized carbons (Fsp3) is 0.143. The molecule has 1 aromatic carbocycles. The van der Waals surface area contributed by atoms with Gasteiger partial charge < -0.3 is 10.1 Å². The Balaban J connectivity index is 1.80. The van der Waals surface area contributed by atoms with Crippen LogP contribution in [0.25, 0.3) is 22.0 Å². The number of hydrogen-bond acceptors (Lipinski definition) is 5. The Morgan fingerprint density at radius 2 is 1.68 bits per heavy atom. The third kappa shape index (κ3) is 4.23. The molecule has 1 N–H and O–H groups in total. The maximum atomic E-state index is 14.1. The lowest BCUT2D eigenvalue weighted by Gasteiger charge is -2.14. The van der Waals surface area contributed by atoms with Crippen molar-refractivity contribution in [3.05, 3.63) is 66.5 Å². The smallest absolute Gasteiger partial charge is 0.434 e. The van der Waals surface area contributed by atoms with Crippen molar-refractivity contribution in [1.82, 2.24) is 19.5 Å². The van der Waals surface area contributed by atoms with Crippen LogP contribution in [0.1, 0.15) is 11.4 Å². The van der Waals surface area contributed by atoms with E-state index in [4.69, 9.17) is 4.74 Å². The number of carbonyl (C=O) groups is 1. The zero-order valence-corrected chi connectivity index (χ0v) is 17.1. The maximum Gasteiger partial charge on any atom is 0.434 e. The monoisotopic (exact) mass is 481 g/mol. The van der Waals surface area contributed by atoms with Gasteiger partial charge in [-0.2, -0.15) is 26.3 Å². The lowest BCUT2D eigenvalue weighted by Crippen LogP contribution is -2.25. The van der Waals surface area contributed by atoms with Crippen LogP contribution < -0.4 is 10.1 Å². The number of fused-ring (bicyclic) bond motifs is 1. The van der Waals surface area contributed by atoms with Gasteiger partial charge in [-0.3, -0.25) is 4.98 Å². The minimum Gasteiger partial charge on any atom is -0.481 e. The van der Waals surface area contributed by atoms with Crippen LogP contribution >= 0.6 is 0 Å². The van der Waals surface area contributed by atoms with E-state index in [0.717, 1.165) is 12.3 Å². The van der Waals surface area contributed by atoms with Crippen LogP contribution in [-0.2, 0) is 12.4 Å². The van der Waals surface area contributed by atoms with E-state index >= 15 is 0 Å². The van der Waals surface area contributed by atoms with Gasteiger partial charge in [0.05, 0.1) is 7.11 Å². The van der Waals surface area contributed by atoms with E-state index < -0.39 is 41.2 Å². The van der Waals surface area contributed by atoms with Crippen molar-refractivity contribution in [1.29, 1.82) is 0 Å². The molecule has 13 heteroatoms. The molecule has 4 aromatic rings. The number of amides is 1. The van der Waals surface area contributed by atoms with Crippen molar-refractivity contribution in [2.24, 2.45) is 0 Å². The molecule has 7 nitrogen and oxygen atoms in total. The Morgan fingerprint density at radius 1 is 0.941 bits per heavy atom. The SMILES string of the molecule is COc1nccc2c(-c3ncn(C(=O)Nc4ccnc(C(F)(F)F)c4)c3C(F)(F)F)cccc12. The third-order valence-electron chi connectivity index (χ3n) is 4.77. The molecule has 0 saturated carbocycles. The van der Waals surface area contributed by atoms with Crippen LogP contribution in [0.5, 0.6) is 5.88 Å². The molecule has 3 heterocycles. The number of benzene rings is 1. The lowest BCUT2D eigenvalue weighted by molar-refractivity contribution is -0.142. The highest BCUT2D eigenvalue weighted by atomic mass is 19.4. The van der Waals surface area contributed by atoms with E-state index in [2.05, 4.69) is 15.0 Å². The first kappa shape index (κ1) is 23.0. The molecule has 0 aliphatic rings. The van der Waals surface area contributed by atoms with Gasteiger partial charge in [0, 0.05) is 29.0 Å². The molecule has 4 rings (SSSR count). The topological polar surface area (TPSA) is 81.9 Å². The quantitative estimate of drug-likeness (QED) is 0.384. The summed E-state index contributed by atoms with van der Waals surface area (Å²) in [5.74, 6) is 0.184. The molecule has 0 radical (unpaired) electrons. The van der Waals surface area contributed by atoms with Gasteiger partial charge in [0.1, 0.15) is 17.7 Å². The van der Waals surface area contributed by atoms with Gasteiger partial charge in [-0.1, -0.05) is 12.1 Å². The molecule has 3 aromatic heterocycles. The lowest BCUT2D eigenvalue weighted by atomic mass is 10.0. The number of alkyl halides is 6. The molecule has 0 aliphatic carbocycles. The molecule has 0 fully saturated rings. The molecule has 34 heavy (non-hydrogen) atoms. The zero-order chi connectivity index (χ0) is 24.7. The van der Waals surface area contributed by atoms with Gasteiger partial charge in [0.15, 0.2) is 5.69 Å². The van der Waals surface area contributed by atoms with Crippen LogP contribution in [0.4, 0.5) is 36.8 Å². The summed E-state index contributed by atoms with van der Waals surface area (Å²) in [6.07, 6.45) is -7.05. The van der Waals surface area contributed by atoms with Crippen molar-refractivity contribution in [2.75, 3.05) is 12.4 Å². The number of halogens is 6. The molecule has 1 amide bonds. The Bertz CT molecular complexity index is 1380. The van der Waals surface area contributed by atoms with Gasteiger partial charge in [-0.05, 0) is 29.7 Å². The molecule has 176 valence electrons. The summed E-state index contributed by atoms with van der Waals surface area (Å²) in [4.78, 5) is 23.6. The number of hydrogen-bond donors (Lipinski definition) is 1. The first-order chi connectivity index (χ1) is 16.0. The van der Waals surface area contributed by atoms with Crippen molar-refractivity contribution in [3.63, 3.8) is 0 Å². The van der Waals surface area contributed by atoms with E-state index in [1.165, 1.54) is 31.5 Å². The number of aromatic nitrogens is 4. The average Bonchev–Trinajstić information content (AvgIpc) is 3.24. The summed E-state index contributed by atoms with van der Waals surface area (Å²) in [6.45, 7) is 0. The van der Waals surface area contributed by atoms with Crippen molar-refractivity contribution in [2.45, 2.75) is 12.4 Å². The van der Waals surface area contributed by atoms with E-state index in [0.29, 0.717) is 23.2 Å². The normalized spacial score (nSPS) is 12.1. The molecular formula is C21H13F6N5O2. The molecular weight excluding hydrogens is 468 g/mol. The fourth-order valence-electron chi connectivity index (χ4n) is 3.37. The summed E-state index contributed by atoms with van der Waals surface area (Å²) >= 11 is 0. The summed E-state index contributed by atoms with van der Waals surface area (Å²) in [5, 5.41) is 2.78. The maximum absolute atomic E-state index is 14.1. The Labute approximate surface area is 187 Å². The number of pyridine rings is 2. The average molecular weight is 481 g/mol. The van der Waals surface area contributed by atoms with Crippen LogP contribution in [-0.4, -0.2) is 32.7 Å². The second-order valence-corrected chi connectivity index (χ2v) is 6.89. The summed E-state index contributed by atoms with van der Waals surface area (Å²) in [7, 11) is 1.36. The van der Waals surface area contributed by atoms with Crippen LogP contribution in [0.3, 0.4) is 0 Å². The van der Waals surface area contributed by atoms with Crippen molar-refractivity contribution in [3.8, 4) is 17.1 Å². The Hall–Kier alpha value is -4.16. The first-order valence-corrected chi connectivity index (χ1v) is 9.42.